The monoisotopic (exact) mass is 202 g/mol. The zero-order valence-electron chi connectivity index (χ0n) is 8.95. The Balaban J connectivity index is 2.84. The van der Waals surface area contributed by atoms with Crippen molar-refractivity contribution in [3.8, 4) is 6.07 Å². The Hall–Kier alpha value is -1.82. The van der Waals surface area contributed by atoms with Crippen LogP contribution in [0.1, 0.15) is 30.5 Å². The second-order valence-corrected chi connectivity index (χ2v) is 3.53. The topological polar surface area (TPSA) is 52.9 Å². The molecule has 0 heterocycles. The fourth-order valence-corrected chi connectivity index (χ4v) is 1.39. The molecule has 0 aliphatic carbocycles. The van der Waals surface area contributed by atoms with Crippen molar-refractivity contribution in [1.29, 1.82) is 5.26 Å². The van der Waals surface area contributed by atoms with Crippen LogP contribution >= 0.6 is 0 Å². The lowest BCUT2D eigenvalue weighted by Crippen LogP contribution is -2.25. The van der Waals surface area contributed by atoms with E-state index in [2.05, 4.69) is 11.4 Å². The maximum Gasteiger partial charge on any atom is 0.217 e. The third-order valence-electron chi connectivity index (χ3n) is 2.15. The van der Waals surface area contributed by atoms with Gasteiger partial charge in [-0.1, -0.05) is 29.8 Å². The van der Waals surface area contributed by atoms with Crippen LogP contribution in [0.15, 0.2) is 24.3 Å². The van der Waals surface area contributed by atoms with E-state index in [4.69, 9.17) is 5.26 Å². The first-order valence-corrected chi connectivity index (χ1v) is 4.84. The van der Waals surface area contributed by atoms with Gasteiger partial charge in [-0.15, -0.1) is 0 Å². The molecule has 1 rings (SSSR count). The van der Waals surface area contributed by atoms with Crippen LogP contribution in [0.25, 0.3) is 0 Å². The quantitative estimate of drug-likeness (QED) is 0.815. The number of carbonyl (C=O) groups excluding carboxylic acids is 1. The second-order valence-electron chi connectivity index (χ2n) is 3.53. The first-order valence-electron chi connectivity index (χ1n) is 4.84. The Morgan fingerprint density at radius 2 is 2.07 bits per heavy atom. The molecule has 0 aromatic heterocycles. The van der Waals surface area contributed by atoms with E-state index in [1.54, 1.807) is 0 Å². The van der Waals surface area contributed by atoms with E-state index in [1.165, 1.54) is 6.92 Å². The van der Waals surface area contributed by atoms with Gasteiger partial charge in [0.2, 0.25) is 5.91 Å². The number of benzene rings is 1. The third kappa shape index (κ3) is 3.43. The Labute approximate surface area is 89.7 Å². The van der Waals surface area contributed by atoms with Gasteiger partial charge >= 0.3 is 0 Å². The summed E-state index contributed by atoms with van der Waals surface area (Å²) in [5.41, 5.74) is 2.13. The van der Waals surface area contributed by atoms with Gasteiger partial charge in [0, 0.05) is 6.92 Å². The van der Waals surface area contributed by atoms with Gasteiger partial charge in [-0.2, -0.15) is 5.26 Å². The highest BCUT2D eigenvalue weighted by atomic mass is 16.1. The van der Waals surface area contributed by atoms with Crippen LogP contribution in [0.3, 0.4) is 0 Å². The summed E-state index contributed by atoms with van der Waals surface area (Å²) in [5.74, 6) is -0.115. The van der Waals surface area contributed by atoms with Gasteiger partial charge in [-0.05, 0) is 12.5 Å². The van der Waals surface area contributed by atoms with Crippen molar-refractivity contribution in [2.24, 2.45) is 0 Å². The first-order chi connectivity index (χ1) is 7.13. The van der Waals surface area contributed by atoms with E-state index in [-0.39, 0.29) is 11.9 Å². The van der Waals surface area contributed by atoms with Crippen LogP contribution in [0.5, 0.6) is 0 Å². The summed E-state index contributed by atoms with van der Waals surface area (Å²) in [5, 5.41) is 11.4. The largest absolute Gasteiger partial charge is 0.348 e. The molecule has 0 saturated carbocycles. The molecule has 15 heavy (non-hydrogen) atoms. The van der Waals surface area contributed by atoms with Crippen molar-refractivity contribution < 1.29 is 4.79 Å². The maximum absolute atomic E-state index is 10.9. The molecule has 0 bridgehead atoms. The van der Waals surface area contributed by atoms with Gasteiger partial charge in [-0.3, -0.25) is 4.79 Å². The maximum atomic E-state index is 10.9. The van der Waals surface area contributed by atoms with E-state index in [0.717, 1.165) is 11.1 Å². The number of nitrogens with one attached hydrogen (secondary N) is 1. The van der Waals surface area contributed by atoms with Gasteiger partial charge < -0.3 is 5.32 Å². The highest BCUT2D eigenvalue weighted by molar-refractivity contribution is 5.73. The molecule has 78 valence electrons. The Bertz CT molecular complexity index is 376. The Morgan fingerprint density at radius 3 is 2.53 bits per heavy atom. The van der Waals surface area contributed by atoms with Gasteiger partial charge in [-0.25, -0.2) is 0 Å². The molecule has 1 atom stereocenters. The lowest BCUT2D eigenvalue weighted by molar-refractivity contribution is -0.119. The van der Waals surface area contributed by atoms with Crippen molar-refractivity contribution in [2.45, 2.75) is 26.3 Å². The van der Waals surface area contributed by atoms with Gasteiger partial charge in [0.15, 0.2) is 0 Å². The first kappa shape index (κ1) is 11.3. The number of hydrogen-bond acceptors (Lipinski definition) is 2. The van der Waals surface area contributed by atoms with Crippen LogP contribution in [0, 0.1) is 18.3 Å². The molecule has 0 aliphatic rings. The van der Waals surface area contributed by atoms with Crippen molar-refractivity contribution in [3.63, 3.8) is 0 Å². The Morgan fingerprint density at radius 1 is 1.47 bits per heavy atom. The van der Waals surface area contributed by atoms with E-state index < -0.39 is 0 Å². The molecule has 1 N–H and O–H groups in total. The summed E-state index contributed by atoms with van der Waals surface area (Å²) in [6, 6.07) is 9.69. The summed E-state index contributed by atoms with van der Waals surface area (Å²) in [4.78, 5) is 10.9. The number of nitrogens with zero attached hydrogens (tertiary/aromatic N) is 1. The smallest absolute Gasteiger partial charge is 0.217 e. The molecular formula is C12H14N2O. The molecule has 3 heteroatoms. The minimum atomic E-state index is -0.201. The lowest BCUT2D eigenvalue weighted by Gasteiger charge is -2.15. The molecule has 0 saturated heterocycles. The molecule has 1 aromatic rings. The molecule has 1 amide bonds. The minimum Gasteiger partial charge on any atom is -0.348 e. The zero-order valence-corrected chi connectivity index (χ0v) is 8.95. The predicted molar refractivity (Wildman–Crippen MR) is 58.0 cm³/mol. The van der Waals surface area contributed by atoms with Crippen molar-refractivity contribution in [2.75, 3.05) is 0 Å². The molecule has 1 aromatic carbocycles. The van der Waals surface area contributed by atoms with E-state index in [1.807, 2.05) is 31.2 Å². The van der Waals surface area contributed by atoms with Crippen molar-refractivity contribution in [3.05, 3.63) is 35.4 Å². The van der Waals surface area contributed by atoms with E-state index >= 15 is 0 Å². The zero-order chi connectivity index (χ0) is 11.3. The number of amides is 1. The summed E-state index contributed by atoms with van der Waals surface area (Å²) in [6.07, 6.45) is 0.294. The van der Waals surface area contributed by atoms with Crippen LogP contribution in [0.2, 0.25) is 0 Å². The minimum absolute atomic E-state index is 0.115. The number of hydrogen-bond donors (Lipinski definition) is 1. The average Bonchev–Trinajstić information content (AvgIpc) is 2.17. The molecular weight excluding hydrogens is 188 g/mol. The molecule has 1 unspecified atom stereocenters. The van der Waals surface area contributed by atoms with Crippen LogP contribution in [-0.2, 0) is 4.79 Å². The summed E-state index contributed by atoms with van der Waals surface area (Å²) in [6.45, 7) is 3.46. The third-order valence-corrected chi connectivity index (χ3v) is 2.15. The molecule has 0 fully saturated rings. The number of nitriles is 1. The van der Waals surface area contributed by atoms with Crippen LogP contribution in [-0.4, -0.2) is 5.91 Å². The van der Waals surface area contributed by atoms with Crippen LogP contribution in [0.4, 0.5) is 0 Å². The molecule has 3 nitrogen and oxygen atoms in total. The van der Waals surface area contributed by atoms with E-state index in [9.17, 15) is 4.79 Å². The number of aryl methyl sites for hydroxylation is 1. The summed E-state index contributed by atoms with van der Waals surface area (Å²) < 4.78 is 0. The van der Waals surface area contributed by atoms with Crippen molar-refractivity contribution >= 4 is 5.91 Å². The second kappa shape index (κ2) is 5.16. The Kier molecular flexibility index (Phi) is 3.87. The average molecular weight is 202 g/mol. The van der Waals surface area contributed by atoms with E-state index in [0.29, 0.717) is 6.42 Å². The highest BCUT2D eigenvalue weighted by Crippen LogP contribution is 2.16. The molecule has 0 aliphatic heterocycles. The van der Waals surface area contributed by atoms with Gasteiger partial charge in [0.05, 0.1) is 18.5 Å². The molecule has 0 spiro atoms. The lowest BCUT2D eigenvalue weighted by atomic mass is 10.0. The highest BCUT2D eigenvalue weighted by Gasteiger charge is 2.11. The van der Waals surface area contributed by atoms with Crippen LogP contribution < -0.4 is 5.32 Å². The fourth-order valence-electron chi connectivity index (χ4n) is 1.39. The van der Waals surface area contributed by atoms with Gasteiger partial charge in [0.25, 0.3) is 0 Å². The summed E-state index contributed by atoms with van der Waals surface area (Å²) in [7, 11) is 0. The molecule has 0 radical (unpaired) electrons. The normalized spacial score (nSPS) is 11.5. The number of rotatable bonds is 3. The summed E-state index contributed by atoms with van der Waals surface area (Å²) >= 11 is 0. The van der Waals surface area contributed by atoms with Gasteiger partial charge in [0.1, 0.15) is 0 Å². The standard InChI is InChI=1S/C12H14N2O/c1-9-3-5-11(6-4-9)12(7-8-13)14-10(2)15/h3-6,12H,7H2,1-2H3,(H,14,15). The fraction of sp³-hybridized carbons (Fsp3) is 0.333. The predicted octanol–water partition coefficient (Wildman–Crippen LogP) is 2.09. The van der Waals surface area contributed by atoms with Crippen molar-refractivity contribution in [1.82, 2.24) is 5.32 Å². The number of carbonyl (C=O) groups is 1. The SMILES string of the molecule is CC(=O)NC(CC#N)c1ccc(C)cc1.